The van der Waals surface area contributed by atoms with Crippen LogP contribution in [0.2, 0.25) is 5.28 Å². The molecule has 0 aliphatic carbocycles. The van der Waals surface area contributed by atoms with Gasteiger partial charge in [0.1, 0.15) is 11.9 Å². The van der Waals surface area contributed by atoms with Crippen molar-refractivity contribution in [3.05, 3.63) is 51.4 Å². The number of ether oxygens (including phenoxy) is 1. The van der Waals surface area contributed by atoms with E-state index >= 15 is 0 Å². The Hall–Kier alpha value is -2.54. The van der Waals surface area contributed by atoms with E-state index in [2.05, 4.69) is 9.97 Å². The first-order valence-corrected chi connectivity index (χ1v) is 5.38. The summed E-state index contributed by atoms with van der Waals surface area (Å²) in [7, 11) is 0. The molecule has 0 radical (unpaired) electrons. The third-order valence-corrected chi connectivity index (χ3v) is 2.34. The van der Waals surface area contributed by atoms with E-state index < -0.39 is 10.6 Å². The summed E-state index contributed by atoms with van der Waals surface area (Å²) in [4.78, 5) is 28.1. The molecular formula is C11H6ClN3O4. The van der Waals surface area contributed by atoms with Crippen LogP contribution in [0.4, 0.5) is 5.69 Å². The van der Waals surface area contributed by atoms with Gasteiger partial charge in [-0.05, 0) is 23.7 Å². The zero-order valence-electron chi connectivity index (χ0n) is 9.32. The lowest BCUT2D eigenvalue weighted by atomic mass is 10.2. The number of carbonyl (C=O) groups excluding carboxylic acids is 1. The minimum Gasteiger partial charge on any atom is -0.433 e. The van der Waals surface area contributed by atoms with Crippen LogP contribution in [-0.4, -0.2) is 21.2 Å². The van der Waals surface area contributed by atoms with Crippen LogP contribution >= 0.6 is 11.6 Å². The maximum atomic E-state index is 10.8. The lowest BCUT2D eigenvalue weighted by Gasteiger charge is -2.06. The summed E-state index contributed by atoms with van der Waals surface area (Å²) >= 11 is 5.57. The molecular weight excluding hydrogens is 274 g/mol. The maximum absolute atomic E-state index is 10.8. The van der Waals surface area contributed by atoms with Gasteiger partial charge in [0.05, 0.1) is 10.5 Å². The summed E-state index contributed by atoms with van der Waals surface area (Å²) in [5, 5.41) is 10.6. The number of hydrogen-bond donors (Lipinski definition) is 0. The van der Waals surface area contributed by atoms with Gasteiger partial charge in [-0.15, -0.1) is 0 Å². The molecule has 0 aliphatic rings. The lowest BCUT2D eigenvalue weighted by molar-refractivity contribution is -0.386. The van der Waals surface area contributed by atoms with Crippen molar-refractivity contribution in [3.63, 3.8) is 0 Å². The molecule has 0 unspecified atom stereocenters. The Kier molecular flexibility index (Phi) is 3.67. The number of nitro groups is 1. The van der Waals surface area contributed by atoms with Crippen molar-refractivity contribution in [2.45, 2.75) is 0 Å². The Morgan fingerprint density at radius 2 is 2.11 bits per heavy atom. The molecule has 0 bridgehead atoms. The smallest absolute Gasteiger partial charge is 0.349 e. The van der Waals surface area contributed by atoms with Crippen LogP contribution in [0.3, 0.4) is 0 Å². The van der Waals surface area contributed by atoms with Crippen LogP contribution in [0.25, 0.3) is 0 Å². The summed E-state index contributed by atoms with van der Waals surface area (Å²) in [5.41, 5.74) is -0.198. The van der Waals surface area contributed by atoms with Crippen LogP contribution in [0, 0.1) is 10.1 Å². The number of carbonyl (C=O) groups is 1. The average Bonchev–Trinajstić information content (AvgIpc) is 2.39. The number of nitrogens with zero attached hydrogens (tertiary/aromatic N) is 3. The maximum Gasteiger partial charge on any atom is 0.349 e. The normalized spacial score (nSPS) is 9.95. The second kappa shape index (κ2) is 5.40. The molecule has 0 N–H and O–H groups in total. The molecule has 0 amide bonds. The number of aromatic nitrogens is 2. The van der Waals surface area contributed by atoms with Gasteiger partial charge in [-0.3, -0.25) is 14.9 Å². The third kappa shape index (κ3) is 2.83. The van der Waals surface area contributed by atoms with Crippen LogP contribution in [0.15, 0.2) is 30.5 Å². The molecule has 19 heavy (non-hydrogen) atoms. The first-order chi connectivity index (χ1) is 9.11. The lowest BCUT2D eigenvalue weighted by Crippen LogP contribution is -1.99. The number of hydrogen-bond acceptors (Lipinski definition) is 6. The minimum atomic E-state index is -0.699. The second-order valence-corrected chi connectivity index (χ2v) is 3.68. The molecule has 1 heterocycles. The SMILES string of the molecule is O=Cc1ccccc1Oc1nc(Cl)ncc1[N+](=O)[O-]. The minimum absolute atomic E-state index is 0.148. The standard InChI is InChI=1S/C11H6ClN3O4/c12-11-13-5-8(15(17)18)10(14-11)19-9-4-2-1-3-7(9)6-16/h1-6H. The van der Waals surface area contributed by atoms with Crippen molar-refractivity contribution < 1.29 is 14.5 Å². The third-order valence-electron chi connectivity index (χ3n) is 2.16. The van der Waals surface area contributed by atoms with Crippen molar-refractivity contribution >= 4 is 23.6 Å². The number of para-hydroxylation sites is 1. The van der Waals surface area contributed by atoms with Crippen LogP contribution in [0.5, 0.6) is 11.6 Å². The van der Waals surface area contributed by atoms with Crippen LogP contribution in [-0.2, 0) is 0 Å². The van der Waals surface area contributed by atoms with E-state index in [1.807, 2.05) is 0 Å². The van der Waals surface area contributed by atoms with Gasteiger partial charge >= 0.3 is 11.6 Å². The molecule has 7 nitrogen and oxygen atoms in total. The van der Waals surface area contributed by atoms with Crippen LogP contribution in [0.1, 0.15) is 10.4 Å². The van der Waals surface area contributed by atoms with Gasteiger partial charge in [-0.2, -0.15) is 4.98 Å². The second-order valence-electron chi connectivity index (χ2n) is 3.34. The molecule has 2 aromatic rings. The Morgan fingerprint density at radius 1 is 1.37 bits per heavy atom. The Bertz CT molecular complexity index is 648. The molecule has 1 aromatic carbocycles. The molecule has 2 rings (SSSR count). The fourth-order valence-electron chi connectivity index (χ4n) is 1.31. The van der Waals surface area contributed by atoms with Gasteiger partial charge in [-0.25, -0.2) is 4.98 Å². The molecule has 0 saturated heterocycles. The summed E-state index contributed by atoms with van der Waals surface area (Å²) < 4.78 is 5.27. The fourth-order valence-corrected chi connectivity index (χ4v) is 1.44. The first-order valence-electron chi connectivity index (χ1n) is 5.01. The molecule has 96 valence electrons. The molecule has 0 atom stereocenters. The van der Waals surface area contributed by atoms with Crippen molar-refractivity contribution in [2.24, 2.45) is 0 Å². The van der Waals surface area contributed by atoms with Crippen molar-refractivity contribution in [3.8, 4) is 11.6 Å². The number of rotatable bonds is 4. The van der Waals surface area contributed by atoms with E-state index in [9.17, 15) is 14.9 Å². The van der Waals surface area contributed by atoms with Gasteiger partial charge in [-0.1, -0.05) is 12.1 Å². The number of aldehydes is 1. The van der Waals surface area contributed by atoms with E-state index in [4.69, 9.17) is 16.3 Å². The Labute approximate surface area is 112 Å². The van der Waals surface area contributed by atoms with E-state index in [1.165, 1.54) is 12.1 Å². The van der Waals surface area contributed by atoms with Crippen molar-refractivity contribution in [1.29, 1.82) is 0 Å². The topological polar surface area (TPSA) is 95.2 Å². The van der Waals surface area contributed by atoms with E-state index in [0.29, 0.717) is 6.29 Å². The molecule has 0 saturated carbocycles. The van der Waals surface area contributed by atoms with Gasteiger partial charge in [0.2, 0.25) is 5.28 Å². The zero-order valence-corrected chi connectivity index (χ0v) is 10.1. The Morgan fingerprint density at radius 3 is 2.79 bits per heavy atom. The summed E-state index contributed by atoms with van der Waals surface area (Å²) in [6, 6.07) is 6.26. The summed E-state index contributed by atoms with van der Waals surface area (Å²) in [6.07, 6.45) is 1.51. The summed E-state index contributed by atoms with van der Waals surface area (Å²) in [6.45, 7) is 0. The molecule has 0 fully saturated rings. The van der Waals surface area contributed by atoms with E-state index in [0.717, 1.165) is 6.20 Å². The first kappa shape index (κ1) is 12.9. The van der Waals surface area contributed by atoms with Gasteiger partial charge in [0.15, 0.2) is 6.29 Å². The molecule has 8 heteroatoms. The van der Waals surface area contributed by atoms with Gasteiger partial charge < -0.3 is 4.74 Å². The summed E-state index contributed by atoms with van der Waals surface area (Å²) in [5.74, 6) is -0.172. The highest BCUT2D eigenvalue weighted by Crippen LogP contribution is 2.30. The number of halogens is 1. The molecule has 1 aromatic heterocycles. The predicted octanol–water partition coefficient (Wildman–Crippen LogP) is 2.64. The highest BCUT2D eigenvalue weighted by atomic mass is 35.5. The largest absolute Gasteiger partial charge is 0.433 e. The van der Waals surface area contributed by atoms with Crippen molar-refractivity contribution in [2.75, 3.05) is 0 Å². The van der Waals surface area contributed by atoms with Gasteiger partial charge in [0, 0.05) is 0 Å². The highest BCUT2D eigenvalue weighted by molar-refractivity contribution is 6.28. The van der Waals surface area contributed by atoms with Crippen LogP contribution < -0.4 is 4.74 Å². The fraction of sp³-hybridized carbons (Fsp3) is 0. The quantitative estimate of drug-likeness (QED) is 0.369. The van der Waals surface area contributed by atoms with E-state index in [-0.39, 0.29) is 22.5 Å². The van der Waals surface area contributed by atoms with E-state index in [1.54, 1.807) is 12.1 Å². The zero-order chi connectivity index (χ0) is 13.8. The van der Waals surface area contributed by atoms with Gasteiger partial charge in [0.25, 0.3) is 0 Å². The van der Waals surface area contributed by atoms with Crippen molar-refractivity contribution in [1.82, 2.24) is 9.97 Å². The monoisotopic (exact) mass is 279 g/mol. The number of benzene rings is 1. The Balaban J connectivity index is 2.45. The average molecular weight is 280 g/mol. The molecule has 0 spiro atoms. The predicted molar refractivity (Wildman–Crippen MR) is 65.6 cm³/mol. The molecule has 0 aliphatic heterocycles. The highest BCUT2D eigenvalue weighted by Gasteiger charge is 2.20.